The molecule has 0 unspecified atom stereocenters. The van der Waals surface area contributed by atoms with E-state index in [1.807, 2.05) is 42.5 Å². The number of ether oxygens (including phenoxy) is 4. The average molecular weight is 463 g/mol. The molecule has 2 heterocycles. The highest BCUT2D eigenvalue weighted by atomic mass is 16.5. The van der Waals surface area contributed by atoms with Crippen LogP contribution in [0.15, 0.2) is 54.9 Å². The lowest BCUT2D eigenvalue weighted by molar-refractivity contribution is 0.285. The van der Waals surface area contributed by atoms with E-state index < -0.39 is 0 Å². The quantitative estimate of drug-likeness (QED) is 0.380. The molecule has 4 aromatic rings. The van der Waals surface area contributed by atoms with E-state index in [1.54, 1.807) is 39.1 Å². The van der Waals surface area contributed by atoms with Crippen LogP contribution in [0.3, 0.4) is 0 Å². The molecule has 0 bridgehead atoms. The number of hydrogen-bond acceptors (Lipinski definition) is 9. The van der Waals surface area contributed by atoms with E-state index in [2.05, 4.69) is 25.4 Å². The summed E-state index contributed by atoms with van der Waals surface area (Å²) in [6.07, 6.45) is 1.93. The third-order valence-corrected chi connectivity index (χ3v) is 5.12. The summed E-state index contributed by atoms with van der Waals surface area (Å²) in [5.41, 5.74) is 1.90. The van der Waals surface area contributed by atoms with Crippen molar-refractivity contribution in [2.24, 2.45) is 0 Å². The minimum atomic E-state index is 0.304. The van der Waals surface area contributed by atoms with Gasteiger partial charge in [0.1, 0.15) is 24.5 Å². The smallest absolute Gasteiger partial charge is 0.242 e. The molecule has 0 aliphatic rings. The van der Waals surface area contributed by atoms with Crippen LogP contribution in [0.5, 0.6) is 23.1 Å². The number of benzene rings is 2. The van der Waals surface area contributed by atoms with Crippen molar-refractivity contribution in [2.45, 2.75) is 13.0 Å². The van der Waals surface area contributed by atoms with Crippen LogP contribution in [0.1, 0.15) is 17.0 Å². The lowest BCUT2D eigenvalue weighted by atomic mass is 10.1. The molecule has 0 saturated carbocycles. The van der Waals surface area contributed by atoms with Gasteiger partial charge in [-0.15, -0.1) is 5.10 Å². The molecule has 176 valence electrons. The van der Waals surface area contributed by atoms with Gasteiger partial charge in [0.05, 0.1) is 21.3 Å². The minimum absolute atomic E-state index is 0.304. The van der Waals surface area contributed by atoms with Gasteiger partial charge in [0, 0.05) is 25.1 Å². The maximum atomic E-state index is 5.91. The van der Waals surface area contributed by atoms with Crippen LogP contribution in [-0.4, -0.2) is 53.1 Å². The van der Waals surface area contributed by atoms with Gasteiger partial charge in [0.25, 0.3) is 0 Å². The Morgan fingerprint density at radius 2 is 1.68 bits per heavy atom. The molecule has 0 fully saturated rings. The summed E-state index contributed by atoms with van der Waals surface area (Å²) in [5.74, 6) is 4.18. The van der Waals surface area contributed by atoms with Gasteiger partial charge in [-0.1, -0.05) is 24.3 Å². The van der Waals surface area contributed by atoms with Crippen LogP contribution in [0.25, 0.3) is 5.82 Å². The fourth-order valence-corrected chi connectivity index (χ4v) is 3.42. The summed E-state index contributed by atoms with van der Waals surface area (Å²) < 4.78 is 23.7. The Bertz CT molecular complexity index is 1260. The Kier molecular flexibility index (Phi) is 7.07. The predicted molar refractivity (Wildman–Crippen MR) is 126 cm³/mol. The summed E-state index contributed by atoms with van der Waals surface area (Å²) in [6.45, 7) is 0.304. The molecular formula is C24H26N6O4. The Hall–Kier alpha value is -4.34. The van der Waals surface area contributed by atoms with Crippen molar-refractivity contribution < 1.29 is 18.9 Å². The second-order valence-electron chi connectivity index (χ2n) is 7.19. The van der Waals surface area contributed by atoms with E-state index in [0.717, 1.165) is 16.9 Å². The highest BCUT2D eigenvalue weighted by Gasteiger charge is 2.15. The number of nitrogens with zero attached hydrogens (tertiary/aromatic N) is 5. The van der Waals surface area contributed by atoms with Crippen LogP contribution < -0.4 is 24.3 Å². The molecule has 34 heavy (non-hydrogen) atoms. The number of aromatic nitrogens is 5. The molecule has 0 spiro atoms. The highest BCUT2D eigenvalue weighted by molar-refractivity contribution is 5.44. The van der Waals surface area contributed by atoms with Gasteiger partial charge >= 0.3 is 0 Å². The Labute approximate surface area is 197 Å². The van der Waals surface area contributed by atoms with Crippen LogP contribution in [0.4, 0.5) is 5.95 Å². The number of anilines is 1. The Morgan fingerprint density at radius 1 is 0.882 bits per heavy atom. The summed E-state index contributed by atoms with van der Waals surface area (Å²) in [7, 11) is 6.61. The van der Waals surface area contributed by atoms with Gasteiger partial charge in [-0.2, -0.15) is 9.67 Å². The standard InChI is InChI=1S/C24H26N6O4/c1-25-24-28-22(12-16-9-10-19(32-3)20(11-16)33-4)30(29-24)21-13-23(27-15-26-21)34-14-17-7-5-6-8-18(17)31-2/h5-11,13,15H,12,14H2,1-4H3,(H,25,29). The molecule has 0 saturated heterocycles. The first kappa shape index (κ1) is 22.8. The van der Waals surface area contributed by atoms with Gasteiger partial charge in [0.2, 0.25) is 11.8 Å². The molecule has 0 atom stereocenters. The van der Waals surface area contributed by atoms with Crippen molar-refractivity contribution in [1.29, 1.82) is 0 Å². The SMILES string of the molecule is CNc1nc(Cc2ccc(OC)c(OC)c2)n(-c2cc(OCc3ccccc3OC)ncn2)n1. The van der Waals surface area contributed by atoms with Crippen molar-refractivity contribution in [3.63, 3.8) is 0 Å². The van der Waals surface area contributed by atoms with Gasteiger partial charge in [0.15, 0.2) is 17.3 Å². The molecule has 0 aliphatic carbocycles. The lowest BCUT2D eigenvalue weighted by Gasteiger charge is -2.11. The van der Waals surface area contributed by atoms with Crippen molar-refractivity contribution in [2.75, 3.05) is 33.7 Å². The van der Waals surface area contributed by atoms with E-state index in [9.17, 15) is 0 Å². The van der Waals surface area contributed by atoms with Gasteiger partial charge < -0.3 is 24.3 Å². The number of para-hydroxylation sites is 1. The van der Waals surface area contributed by atoms with Crippen LogP contribution >= 0.6 is 0 Å². The second-order valence-corrected chi connectivity index (χ2v) is 7.19. The first-order chi connectivity index (χ1) is 16.6. The number of hydrogen-bond donors (Lipinski definition) is 1. The maximum absolute atomic E-state index is 5.91. The molecule has 0 aliphatic heterocycles. The topological polar surface area (TPSA) is 105 Å². The molecular weight excluding hydrogens is 436 g/mol. The number of methoxy groups -OCH3 is 3. The molecule has 10 nitrogen and oxygen atoms in total. The summed E-state index contributed by atoms with van der Waals surface area (Å²) in [5, 5.41) is 7.51. The molecule has 4 rings (SSSR count). The normalized spacial score (nSPS) is 10.6. The minimum Gasteiger partial charge on any atom is -0.496 e. The van der Waals surface area contributed by atoms with E-state index in [0.29, 0.717) is 48.0 Å². The highest BCUT2D eigenvalue weighted by Crippen LogP contribution is 2.29. The van der Waals surface area contributed by atoms with Crippen LogP contribution in [0, 0.1) is 0 Å². The number of nitrogens with one attached hydrogen (secondary N) is 1. The van der Waals surface area contributed by atoms with Crippen molar-refractivity contribution in [1.82, 2.24) is 24.7 Å². The third kappa shape index (κ3) is 5.01. The second kappa shape index (κ2) is 10.5. The summed E-state index contributed by atoms with van der Waals surface area (Å²) >= 11 is 0. The first-order valence-corrected chi connectivity index (χ1v) is 10.6. The van der Waals surface area contributed by atoms with Gasteiger partial charge in [-0.05, 0) is 23.8 Å². The predicted octanol–water partition coefficient (Wildman–Crippen LogP) is 3.29. The van der Waals surface area contributed by atoms with Crippen molar-refractivity contribution >= 4 is 5.95 Å². The van der Waals surface area contributed by atoms with Gasteiger partial charge in [-0.25, -0.2) is 9.97 Å². The average Bonchev–Trinajstić information content (AvgIpc) is 3.30. The summed E-state index contributed by atoms with van der Waals surface area (Å²) in [6, 6.07) is 15.1. The molecule has 10 heteroatoms. The van der Waals surface area contributed by atoms with Crippen molar-refractivity contribution in [3.05, 3.63) is 71.8 Å². The van der Waals surface area contributed by atoms with Crippen LogP contribution in [-0.2, 0) is 13.0 Å². The lowest BCUT2D eigenvalue weighted by Crippen LogP contribution is -2.08. The molecule has 0 radical (unpaired) electrons. The zero-order valence-electron chi connectivity index (χ0n) is 19.5. The first-order valence-electron chi connectivity index (χ1n) is 10.6. The Balaban J connectivity index is 1.59. The fraction of sp³-hybridized carbons (Fsp3) is 0.250. The third-order valence-electron chi connectivity index (χ3n) is 5.12. The molecule has 2 aromatic heterocycles. The Morgan fingerprint density at radius 3 is 2.44 bits per heavy atom. The number of rotatable bonds is 10. The molecule has 1 N–H and O–H groups in total. The van der Waals surface area contributed by atoms with E-state index in [4.69, 9.17) is 18.9 Å². The maximum Gasteiger partial charge on any atom is 0.242 e. The summed E-state index contributed by atoms with van der Waals surface area (Å²) in [4.78, 5) is 13.2. The largest absolute Gasteiger partial charge is 0.496 e. The van der Waals surface area contributed by atoms with E-state index in [1.165, 1.54) is 6.33 Å². The molecule has 2 aromatic carbocycles. The van der Waals surface area contributed by atoms with Crippen molar-refractivity contribution in [3.8, 4) is 28.9 Å². The van der Waals surface area contributed by atoms with Gasteiger partial charge in [-0.3, -0.25) is 0 Å². The molecule has 0 amide bonds. The van der Waals surface area contributed by atoms with E-state index in [-0.39, 0.29) is 0 Å². The van der Waals surface area contributed by atoms with E-state index >= 15 is 0 Å². The van der Waals surface area contributed by atoms with Crippen LogP contribution in [0.2, 0.25) is 0 Å². The fourth-order valence-electron chi connectivity index (χ4n) is 3.42. The zero-order chi connectivity index (χ0) is 23.9. The monoisotopic (exact) mass is 462 g/mol. The zero-order valence-corrected chi connectivity index (χ0v) is 19.5.